The van der Waals surface area contributed by atoms with Crippen LogP contribution in [-0.4, -0.2) is 50.8 Å². The van der Waals surface area contributed by atoms with Crippen molar-refractivity contribution < 1.29 is 20.1 Å². The summed E-state index contributed by atoms with van der Waals surface area (Å²) < 4.78 is 5.70. The van der Waals surface area contributed by atoms with E-state index in [0.717, 1.165) is 11.8 Å². The second kappa shape index (κ2) is 11.7. The Morgan fingerprint density at radius 3 is 2.60 bits per heavy atom. The quantitative estimate of drug-likeness (QED) is 0.250. The van der Waals surface area contributed by atoms with Gasteiger partial charge in [-0.15, -0.1) is 11.3 Å². The minimum atomic E-state index is -1.30. The van der Waals surface area contributed by atoms with Gasteiger partial charge in [-0.1, -0.05) is 35.0 Å². The molecule has 1 aromatic carbocycles. The van der Waals surface area contributed by atoms with Crippen LogP contribution in [0.1, 0.15) is 17.5 Å². The number of benzene rings is 1. The average Bonchev–Trinajstić information content (AvgIpc) is 3.23. The molecule has 1 aromatic heterocycles. The number of nitrogens with one attached hydrogen (secondary N) is 1. The Bertz CT molecular complexity index is 883. The number of rotatable bonds is 10. The molecule has 0 aliphatic carbocycles. The first kappa shape index (κ1) is 24.7. The molecule has 30 heavy (non-hydrogen) atoms. The molecule has 0 radical (unpaired) electrons. The van der Waals surface area contributed by atoms with Gasteiger partial charge in [-0.3, -0.25) is 0 Å². The van der Waals surface area contributed by atoms with Crippen LogP contribution in [0.5, 0.6) is 0 Å². The van der Waals surface area contributed by atoms with Crippen molar-refractivity contribution in [3.05, 3.63) is 50.5 Å². The number of nitriles is 1. The number of thiazole rings is 1. The molecular weight excluding hydrogens is 471 g/mol. The monoisotopic (exact) mass is 490 g/mol. The number of nitrogens with zero attached hydrogens (tertiary/aromatic N) is 2. The second-order valence-electron chi connectivity index (χ2n) is 6.01. The lowest BCUT2D eigenvalue weighted by molar-refractivity contribution is -0.0978. The molecule has 1 heterocycles. The van der Waals surface area contributed by atoms with Gasteiger partial charge in [-0.2, -0.15) is 5.26 Å². The van der Waals surface area contributed by atoms with Crippen molar-refractivity contribution in [2.45, 2.75) is 35.7 Å². The van der Waals surface area contributed by atoms with Crippen LogP contribution < -0.4 is 11.1 Å². The zero-order chi connectivity index (χ0) is 22.3. The molecule has 0 spiro atoms. The van der Waals surface area contributed by atoms with Crippen LogP contribution in [0.25, 0.3) is 5.70 Å². The predicted octanol–water partition coefficient (Wildman–Crippen LogP) is 2.36. The van der Waals surface area contributed by atoms with E-state index in [2.05, 4.69) is 10.3 Å². The average molecular weight is 491 g/mol. The number of nitrogens with two attached hydrogens (primary N) is 1. The smallest absolute Gasteiger partial charge is 0.160 e. The Hall–Kier alpha value is -1.55. The molecule has 0 bridgehead atoms. The third-order valence-electron chi connectivity index (χ3n) is 3.75. The van der Waals surface area contributed by atoms with E-state index >= 15 is 0 Å². The Balaban J connectivity index is 2.23. The molecule has 0 amide bonds. The summed E-state index contributed by atoms with van der Waals surface area (Å²) in [5, 5.41) is 44.3. The fourth-order valence-corrected chi connectivity index (χ4v) is 4.50. The van der Waals surface area contributed by atoms with Gasteiger partial charge in [0, 0.05) is 22.7 Å². The minimum absolute atomic E-state index is 0.134. The van der Waals surface area contributed by atoms with Gasteiger partial charge in [0.15, 0.2) is 11.7 Å². The Morgan fingerprint density at radius 1 is 1.43 bits per heavy atom. The number of aliphatic hydroxyl groups excluding tert-OH is 3. The molecule has 0 fully saturated rings. The number of ether oxygens (including phenoxy) is 1. The van der Waals surface area contributed by atoms with E-state index in [1.54, 1.807) is 11.6 Å². The molecule has 162 valence electrons. The maximum Gasteiger partial charge on any atom is 0.160 e. The Kier molecular flexibility index (Phi) is 9.67. The van der Waals surface area contributed by atoms with Gasteiger partial charge in [-0.05, 0) is 19.1 Å². The molecule has 0 aliphatic heterocycles. The van der Waals surface area contributed by atoms with Gasteiger partial charge in [0.1, 0.15) is 17.2 Å². The topological polar surface area (TPSA) is 145 Å². The molecule has 0 saturated heterocycles. The van der Waals surface area contributed by atoms with Crippen molar-refractivity contribution >= 4 is 52.0 Å². The van der Waals surface area contributed by atoms with E-state index in [-0.39, 0.29) is 15.6 Å². The Labute approximate surface area is 191 Å². The van der Waals surface area contributed by atoms with Crippen LogP contribution in [0.4, 0.5) is 0 Å². The maximum absolute atomic E-state index is 10.6. The summed E-state index contributed by atoms with van der Waals surface area (Å²) in [6.45, 7) is 0.992. The highest BCUT2D eigenvalue weighted by molar-refractivity contribution is 7.99. The fourth-order valence-electron chi connectivity index (χ4n) is 2.19. The van der Waals surface area contributed by atoms with E-state index in [1.807, 2.05) is 6.07 Å². The lowest BCUT2D eigenvalue weighted by Crippen LogP contribution is -2.42. The van der Waals surface area contributed by atoms with E-state index in [0.29, 0.717) is 15.6 Å². The molecule has 8 nitrogen and oxygen atoms in total. The number of hydrogen-bond acceptors (Lipinski definition) is 10. The molecular formula is C18H20Cl2N4O4S2. The first-order chi connectivity index (χ1) is 14.3. The van der Waals surface area contributed by atoms with Crippen molar-refractivity contribution in [1.29, 1.82) is 5.26 Å². The van der Waals surface area contributed by atoms with Gasteiger partial charge in [0.05, 0.1) is 34.0 Å². The van der Waals surface area contributed by atoms with Gasteiger partial charge >= 0.3 is 0 Å². The number of aromatic nitrogens is 1. The summed E-state index contributed by atoms with van der Waals surface area (Å²) in [5.74, 6) is 0. The van der Waals surface area contributed by atoms with E-state index in [9.17, 15) is 15.3 Å². The van der Waals surface area contributed by atoms with Crippen molar-refractivity contribution in [3.63, 3.8) is 0 Å². The summed E-state index contributed by atoms with van der Waals surface area (Å²) in [6, 6.07) is 4.93. The molecule has 4 atom stereocenters. The summed E-state index contributed by atoms with van der Waals surface area (Å²) in [4.78, 5) is 4.58. The molecule has 2 rings (SSSR count). The third-order valence-corrected chi connectivity index (χ3v) is 6.28. The van der Waals surface area contributed by atoms with Crippen LogP contribution in [0.2, 0.25) is 10.0 Å². The number of hydrogen-bond donors (Lipinski definition) is 5. The zero-order valence-corrected chi connectivity index (χ0v) is 18.8. The maximum atomic E-state index is 10.6. The molecule has 0 saturated carbocycles. The van der Waals surface area contributed by atoms with Crippen molar-refractivity contribution in [2.75, 3.05) is 6.61 Å². The number of aliphatic hydroxyl groups is 3. The highest BCUT2D eigenvalue weighted by Gasteiger charge is 2.27. The summed E-state index contributed by atoms with van der Waals surface area (Å²) in [5.41, 5.74) is 5.37. The number of thioether (sulfide) groups is 1. The second-order valence-corrected chi connectivity index (χ2v) is 8.89. The van der Waals surface area contributed by atoms with Gasteiger partial charge in [-0.25, -0.2) is 4.98 Å². The summed E-state index contributed by atoms with van der Waals surface area (Å²) in [7, 11) is 0. The SMILES string of the molecule is CC(O)C(CO)OC(Sc1cc(Cl)c(C#N)c(Cl)c1)C(O)N/C=C(\N)c1nccs1. The first-order valence-electron chi connectivity index (χ1n) is 8.56. The van der Waals surface area contributed by atoms with Crippen molar-refractivity contribution in [2.24, 2.45) is 5.73 Å². The van der Waals surface area contributed by atoms with Gasteiger partial charge < -0.3 is 31.1 Å². The lowest BCUT2D eigenvalue weighted by atomic mass is 10.2. The fraction of sp³-hybridized carbons (Fsp3) is 0.333. The molecule has 2 aromatic rings. The molecule has 6 N–H and O–H groups in total. The standard InChI is InChI=1S/C18H20Cl2N4O4S2/c1-9(26)15(8-25)28-18(16(27)24-7-14(22)17-23-2-3-29-17)30-10-4-12(19)11(6-21)13(20)5-10/h2-5,7,9,15-16,18,24-27H,8,22H2,1H3/b14-7-. The lowest BCUT2D eigenvalue weighted by Gasteiger charge is -2.28. The van der Waals surface area contributed by atoms with Crippen LogP contribution >= 0.6 is 46.3 Å². The van der Waals surface area contributed by atoms with Gasteiger partial charge in [0.25, 0.3) is 0 Å². The van der Waals surface area contributed by atoms with Crippen LogP contribution in [-0.2, 0) is 4.74 Å². The van der Waals surface area contributed by atoms with Crippen molar-refractivity contribution in [3.8, 4) is 6.07 Å². The van der Waals surface area contributed by atoms with E-state index in [4.69, 9.17) is 38.9 Å². The van der Waals surface area contributed by atoms with E-state index < -0.39 is 30.5 Å². The van der Waals surface area contributed by atoms with Crippen LogP contribution in [0.15, 0.2) is 34.8 Å². The third kappa shape index (κ3) is 6.73. The molecule has 4 unspecified atom stereocenters. The van der Waals surface area contributed by atoms with Crippen LogP contribution in [0.3, 0.4) is 0 Å². The predicted molar refractivity (Wildman–Crippen MR) is 118 cm³/mol. The highest BCUT2D eigenvalue weighted by Crippen LogP contribution is 2.34. The normalized spacial score (nSPS) is 15.8. The summed E-state index contributed by atoms with van der Waals surface area (Å²) >= 11 is 14.6. The molecule has 0 aliphatic rings. The molecule has 12 heteroatoms. The van der Waals surface area contributed by atoms with Crippen molar-refractivity contribution in [1.82, 2.24) is 10.3 Å². The summed E-state index contributed by atoms with van der Waals surface area (Å²) in [6.07, 6.45) is -0.256. The van der Waals surface area contributed by atoms with Crippen LogP contribution in [0, 0.1) is 11.3 Å². The zero-order valence-electron chi connectivity index (χ0n) is 15.7. The van der Waals surface area contributed by atoms with Gasteiger partial charge in [0.2, 0.25) is 0 Å². The first-order valence-corrected chi connectivity index (χ1v) is 11.1. The highest BCUT2D eigenvalue weighted by atomic mass is 35.5. The largest absolute Gasteiger partial charge is 0.395 e. The minimum Gasteiger partial charge on any atom is -0.395 e. The Morgan fingerprint density at radius 2 is 2.10 bits per heavy atom. The number of halogens is 2. The van der Waals surface area contributed by atoms with E-state index in [1.165, 1.54) is 36.6 Å².